The number of rotatable bonds is 7. The van der Waals surface area contributed by atoms with Crippen molar-refractivity contribution >= 4 is 49.8 Å². The van der Waals surface area contributed by atoms with E-state index in [9.17, 15) is 13.2 Å². The monoisotopic (exact) mass is 476 g/mol. The molecular formula is C20H20N4O4S3. The normalized spacial score (nSPS) is 15.8. The number of carbonyl (C=O) groups is 1. The molecule has 0 spiro atoms. The molecule has 0 saturated carbocycles. The summed E-state index contributed by atoms with van der Waals surface area (Å²) in [6.45, 7) is 1.46. The second kappa shape index (κ2) is 9.25. The van der Waals surface area contributed by atoms with Gasteiger partial charge in [0.25, 0.3) is 5.91 Å². The molecule has 162 valence electrons. The molecule has 1 aromatic heterocycles. The maximum Gasteiger partial charge on any atom is 0.269 e. The Morgan fingerprint density at radius 2 is 1.94 bits per heavy atom. The van der Waals surface area contributed by atoms with Crippen LogP contribution in [-0.4, -0.2) is 42.9 Å². The Morgan fingerprint density at radius 3 is 2.71 bits per heavy atom. The third kappa shape index (κ3) is 5.00. The van der Waals surface area contributed by atoms with Crippen LogP contribution in [0.1, 0.15) is 12.5 Å². The Hall–Kier alpha value is -2.63. The van der Waals surface area contributed by atoms with Crippen LogP contribution >= 0.6 is 23.1 Å². The lowest BCUT2D eigenvalue weighted by molar-refractivity contribution is -0.122. The molecule has 1 aliphatic rings. The SMILES string of the molecule is CCS(=O)(=O)N1CC(C(=O)Nc2nnc(SCc3ccccc3)s2)Oc2ccccc21. The molecule has 0 aliphatic carbocycles. The summed E-state index contributed by atoms with van der Waals surface area (Å²) in [5.74, 6) is 0.549. The molecule has 0 saturated heterocycles. The fraction of sp³-hybridized carbons (Fsp3) is 0.250. The molecule has 11 heteroatoms. The third-order valence-electron chi connectivity index (χ3n) is 4.57. The maximum absolute atomic E-state index is 12.8. The molecular weight excluding hydrogens is 456 g/mol. The number of thioether (sulfide) groups is 1. The number of fused-ring (bicyclic) bond motifs is 1. The van der Waals surface area contributed by atoms with E-state index in [-0.39, 0.29) is 12.3 Å². The van der Waals surface area contributed by atoms with Gasteiger partial charge in [0.2, 0.25) is 15.2 Å². The number of nitrogens with one attached hydrogen (secondary N) is 1. The van der Waals surface area contributed by atoms with Gasteiger partial charge < -0.3 is 4.74 Å². The van der Waals surface area contributed by atoms with Crippen molar-refractivity contribution in [2.75, 3.05) is 21.9 Å². The van der Waals surface area contributed by atoms with Crippen LogP contribution in [0.15, 0.2) is 58.9 Å². The van der Waals surface area contributed by atoms with Gasteiger partial charge in [0.15, 0.2) is 10.4 Å². The molecule has 2 heterocycles. The van der Waals surface area contributed by atoms with Gasteiger partial charge in [0.05, 0.1) is 18.0 Å². The summed E-state index contributed by atoms with van der Waals surface area (Å²) in [6, 6.07) is 16.8. The van der Waals surface area contributed by atoms with Crippen LogP contribution in [0.2, 0.25) is 0 Å². The van der Waals surface area contributed by atoms with Gasteiger partial charge in [0, 0.05) is 5.75 Å². The van der Waals surface area contributed by atoms with E-state index in [2.05, 4.69) is 15.5 Å². The highest BCUT2D eigenvalue weighted by atomic mass is 32.2. The topological polar surface area (TPSA) is 101 Å². The summed E-state index contributed by atoms with van der Waals surface area (Å²) < 4.78 is 32.8. The summed E-state index contributed by atoms with van der Waals surface area (Å²) in [5.41, 5.74) is 1.60. The van der Waals surface area contributed by atoms with Crippen molar-refractivity contribution in [3.63, 3.8) is 0 Å². The van der Waals surface area contributed by atoms with Crippen molar-refractivity contribution in [1.82, 2.24) is 10.2 Å². The lowest BCUT2D eigenvalue weighted by atomic mass is 10.2. The minimum Gasteiger partial charge on any atom is -0.476 e. The van der Waals surface area contributed by atoms with Gasteiger partial charge in [-0.15, -0.1) is 10.2 Å². The van der Waals surface area contributed by atoms with Crippen molar-refractivity contribution < 1.29 is 17.9 Å². The van der Waals surface area contributed by atoms with Gasteiger partial charge >= 0.3 is 0 Å². The zero-order valence-corrected chi connectivity index (χ0v) is 19.0. The molecule has 1 unspecified atom stereocenters. The average Bonchev–Trinajstić information content (AvgIpc) is 3.24. The van der Waals surface area contributed by atoms with E-state index in [1.807, 2.05) is 30.3 Å². The van der Waals surface area contributed by atoms with Gasteiger partial charge in [-0.25, -0.2) is 8.42 Å². The first-order valence-corrected chi connectivity index (χ1v) is 12.9. The molecule has 1 aliphatic heterocycles. The van der Waals surface area contributed by atoms with Crippen molar-refractivity contribution in [2.45, 2.75) is 23.1 Å². The Kier molecular flexibility index (Phi) is 6.44. The third-order valence-corrected chi connectivity index (χ3v) is 8.36. The summed E-state index contributed by atoms with van der Waals surface area (Å²) in [5, 5.41) is 11.2. The molecule has 1 atom stereocenters. The van der Waals surface area contributed by atoms with E-state index in [4.69, 9.17) is 4.74 Å². The lowest BCUT2D eigenvalue weighted by Gasteiger charge is -2.34. The van der Waals surface area contributed by atoms with Gasteiger partial charge in [-0.2, -0.15) is 0 Å². The molecule has 0 fully saturated rings. The number of nitrogens with zero attached hydrogens (tertiary/aromatic N) is 3. The molecule has 8 nitrogen and oxygen atoms in total. The standard InChI is InChI=1S/C20H20N4O4S3/c1-2-31(26,27)24-12-17(28-16-11-7-6-10-15(16)24)18(25)21-19-22-23-20(30-19)29-13-14-8-4-3-5-9-14/h3-11,17H,2,12-13H2,1H3,(H,21,22,25). The second-order valence-corrected chi connectivity index (χ2v) is 11.0. The molecule has 3 aromatic rings. The number of anilines is 2. The van der Waals surface area contributed by atoms with Gasteiger partial charge in [-0.1, -0.05) is 65.6 Å². The van der Waals surface area contributed by atoms with Crippen molar-refractivity contribution in [3.05, 3.63) is 60.2 Å². The largest absolute Gasteiger partial charge is 0.476 e. The number of benzene rings is 2. The van der Waals surface area contributed by atoms with E-state index >= 15 is 0 Å². The van der Waals surface area contributed by atoms with Crippen molar-refractivity contribution in [3.8, 4) is 5.75 Å². The molecule has 1 amide bonds. The lowest BCUT2D eigenvalue weighted by Crippen LogP contribution is -2.49. The van der Waals surface area contributed by atoms with Crippen LogP contribution in [0.3, 0.4) is 0 Å². The Balaban J connectivity index is 1.44. The Bertz CT molecular complexity index is 1170. The van der Waals surface area contributed by atoms with E-state index in [1.165, 1.54) is 33.0 Å². The summed E-state index contributed by atoms with van der Waals surface area (Å²) in [7, 11) is -3.56. The Labute approximate surface area is 188 Å². The van der Waals surface area contributed by atoms with Crippen LogP contribution in [0, 0.1) is 0 Å². The number of sulfonamides is 1. The number of hydrogen-bond donors (Lipinski definition) is 1. The number of ether oxygens (including phenoxy) is 1. The quantitative estimate of drug-likeness (QED) is 0.412. The van der Waals surface area contributed by atoms with E-state index in [1.54, 1.807) is 31.2 Å². The predicted octanol–water partition coefficient (Wildman–Crippen LogP) is 3.39. The zero-order valence-electron chi connectivity index (χ0n) is 16.6. The number of aromatic nitrogens is 2. The minimum atomic E-state index is -3.56. The van der Waals surface area contributed by atoms with Crippen LogP contribution in [0.4, 0.5) is 10.8 Å². The highest BCUT2D eigenvalue weighted by molar-refractivity contribution is 8.00. The number of para-hydroxylation sites is 2. The van der Waals surface area contributed by atoms with Crippen LogP contribution in [-0.2, 0) is 20.6 Å². The van der Waals surface area contributed by atoms with E-state index < -0.39 is 22.0 Å². The first-order chi connectivity index (χ1) is 15.0. The summed E-state index contributed by atoms with van der Waals surface area (Å²) >= 11 is 2.79. The van der Waals surface area contributed by atoms with Gasteiger partial charge in [0.1, 0.15) is 5.75 Å². The van der Waals surface area contributed by atoms with Gasteiger partial charge in [-0.3, -0.25) is 14.4 Å². The number of amides is 1. The summed E-state index contributed by atoms with van der Waals surface area (Å²) in [4.78, 5) is 12.8. The molecule has 1 N–H and O–H groups in total. The zero-order chi connectivity index (χ0) is 21.8. The smallest absolute Gasteiger partial charge is 0.269 e. The molecule has 2 aromatic carbocycles. The molecule has 0 bridgehead atoms. The van der Waals surface area contributed by atoms with Crippen molar-refractivity contribution in [2.24, 2.45) is 0 Å². The fourth-order valence-corrected chi connectivity index (χ4v) is 5.82. The second-order valence-electron chi connectivity index (χ2n) is 6.64. The number of carbonyl (C=O) groups excluding carboxylic acids is 1. The first-order valence-electron chi connectivity index (χ1n) is 9.53. The highest BCUT2D eigenvalue weighted by Gasteiger charge is 2.36. The summed E-state index contributed by atoms with van der Waals surface area (Å²) in [6.07, 6.45) is -0.999. The van der Waals surface area contributed by atoms with E-state index in [0.717, 1.165) is 10.1 Å². The first kappa shape index (κ1) is 21.6. The molecule has 4 rings (SSSR count). The predicted molar refractivity (Wildman–Crippen MR) is 122 cm³/mol. The number of hydrogen-bond acceptors (Lipinski definition) is 8. The van der Waals surface area contributed by atoms with Crippen LogP contribution in [0.5, 0.6) is 5.75 Å². The molecule has 0 radical (unpaired) electrons. The van der Waals surface area contributed by atoms with Gasteiger partial charge in [-0.05, 0) is 24.6 Å². The van der Waals surface area contributed by atoms with E-state index in [0.29, 0.717) is 16.6 Å². The highest BCUT2D eigenvalue weighted by Crippen LogP contribution is 2.35. The fourth-order valence-electron chi connectivity index (χ4n) is 2.98. The Morgan fingerprint density at radius 1 is 1.19 bits per heavy atom. The minimum absolute atomic E-state index is 0.0753. The van der Waals surface area contributed by atoms with Crippen LogP contribution in [0.25, 0.3) is 0 Å². The molecule has 31 heavy (non-hydrogen) atoms. The van der Waals surface area contributed by atoms with Crippen molar-refractivity contribution in [1.29, 1.82) is 0 Å². The van der Waals surface area contributed by atoms with Crippen LogP contribution < -0.4 is 14.4 Å². The average molecular weight is 477 g/mol. The maximum atomic E-state index is 12.8.